The Morgan fingerprint density at radius 1 is 1.08 bits per heavy atom. The van der Waals surface area contributed by atoms with Gasteiger partial charge >= 0.3 is 0 Å². The SMILES string of the molecule is CN1CCc2nc(C(=O)N[C@@H]3C[C@@H](C(=O)N(C)C)CC[C@@H]3NC(=O)c3cc4cc(Cl)ccc4[nH]3)sc2CC1. The quantitative estimate of drug-likeness (QED) is 0.447. The summed E-state index contributed by atoms with van der Waals surface area (Å²) in [5, 5.41) is 8.11. The Hall–Kier alpha value is -2.95. The Balaban J connectivity index is 1.33. The molecular weight excluding hydrogens is 524 g/mol. The van der Waals surface area contributed by atoms with Crippen LogP contribution >= 0.6 is 22.9 Å². The van der Waals surface area contributed by atoms with Crippen LogP contribution in [0.5, 0.6) is 0 Å². The number of nitrogens with one attached hydrogen (secondary N) is 3. The molecule has 3 heterocycles. The standard InChI is InChI=1S/C27H33ClN6O3S/c1-33(2)27(37)15-4-6-19(30-24(35)22-14-16-12-17(28)5-7-18(16)29-22)21(13-15)31-25(36)26-32-20-8-10-34(3)11-9-23(20)38-26/h5,7,12,14-15,19,21,29H,4,6,8-11,13H2,1-3H3,(H,30,35)(H,31,36)/t15-,19-,21+/m0/s1. The van der Waals surface area contributed by atoms with Crippen LogP contribution in [0.1, 0.15) is 50.1 Å². The maximum Gasteiger partial charge on any atom is 0.280 e. The van der Waals surface area contributed by atoms with Gasteiger partial charge in [-0.25, -0.2) is 4.98 Å². The lowest BCUT2D eigenvalue weighted by Gasteiger charge is -2.37. The molecule has 3 amide bonds. The summed E-state index contributed by atoms with van der Waals surface area (Å²) in [5.74, 6) is -0.697. The van der Waals surface area contributed by atoms with Crippen molar-refractivity contribution in [3.05, 3.63) is 50.6 Å². The first-order chi connectivity index (χ1) is 18.2. The summed E-state index contributed by atoms with van der Waals surface area (Å²) in [4.78, 5) is 52.1. The predicted octanol–water partition coefficient (Wildman–Crippen LogP) is 3.09. The molecular formula is C27H33ClN6O3S. The van der Waals surface area contributed by atoms with E-state index >= 15 is 0 Å². The van der Waals surface area contributed by atoms with Gasteiger partial charge in [-0.2, -0.15) is 0 Å². The van der Waals surface area contributed by atoms with Crippen molar-refractivity contribution < 1.29 is 14.4 Å². The number of likely N-dealkylation sites (N-methyl/N-ethyl adjacent to an activating group) is 1. The molecule has 202 valence electrons. The normalized spacial score (nSPS) is 21.9. The maximum atomic E-state index is 13.3. The Bertz CT molecular complexity index is 1340. The van der Waals surface area contributed by atoms with Crippen LogP contribution in [-0.2, 0) is 17.6 Å². The molecule has 1 aromatic carbocycles. The van der Waals surface area contributed by atoms with Crippen molar-refractivity contribution in [3.63, 3.8) is 0 Å². The molecule has 1 fully saturated rings. The number of rotatable bonds is 5. The smallest absolute Gasteiger partial charge is 0.280 e. The van der Waals surface area contributed by atoms with Crippen LogP contribution in [0.25, 0.3) is 10.9 Å². The lowest BCUT2D eigenvalue weighted by atomic mass is 9.81. The van der Waals surface area contributed by atoms with Crippen molar-refractivity contribution in [1.82, 2.24) is 30.4 Å². The summed E-state index contributed by atoms with van der Waals surface area (Å²) < 4.78 is 0. The van der Waals surface area contributed by atoms with E-state index in [1.54, 1.807) is 37.2 Å². The molecule has 38 heavy (non-hydrogen) atoms. The topological polar surface area (TPSA) is 110 Å². The van der Waals surface area contributed by atoms with Gasteiger partial charge in [0.05, 0.1) is 11.7 Å². The molecule has 3 N–H and O–H groups in total. The van der Waals surface area contributed by atoms with E-state index in [1.165, 1.54) is 11.3 Å². The molecule has 0 saturated heterocycles. The number of halogens is 1. The highest BCUT2D eigenvalue weighted by molar-refractivity contribution is 7.13. The lowest BCUT2D eigenvalue weighted by Crippen LogP contribution is -2.56. The number of aromatic nitrogens is 2. The molecule has 5 rings (SSSR count). The Kier molecular flexibility index (Phi) is 7.74. The highest BCUT2D eigenvalue weighted by Gasteiger charge is 2.37. The molecule has 1 aliphatic heterocycles. The first-order valence-corrected chi connectivity index (χ1v) is 14.2. The van der Waals surface area contributed by atoms with Crippen molar-refractivity contribution in [1.29, 1.82) is 0 Å². The monoisotopic (exact) mass is 556 g/mol. The summed E-state index contributed by atoms with van der Waals surface area (Å²) in [6.07, 6.45) is 3.37. The molecule has 1 saturated carbocycles. The number of nitrogens with zero attached hydrogens (tertiary/aromatic N) is 3. The fourth-order valence-electron chi connectivity index (χ4n) is 5.37. The summed E-state index contributed by atoms with van der Waals surface area (Å²) in [6, 6.07) is 6.46. The first-order valence-electron chi connectivity index (χ1n) is 13.0. The zero-order chi connectivity index (χ0) is 27.0. The van der Waals surface area contributed by atoms with Crippen LogP contribution in [0.4, 0.5) is 0 Å². The highest BCUT2D eigenvalue weighted by Crippen LogP contribution is 2.28. The lowest BCUT2D eigenvalue weighted by molar-refractivity contribution is -0.134. The molecule has 11 heteroatoms. The van der Waals surface area contributed by atoms with Crippen molar-refractivity contribution in [3.8, 4) is 0 Å². The van der Waals surface area contributed by atoms with E-state index in [0.29, 0.717) is 35.0 Å². The van der Waals surface area contributed by atoms with Gasteiger partial charge in [0.15, 0.2) is 5.01 Å². The summed E-state index contributed by atoms with van der Waals surface area (Å²) in [7, 11) is 5.58. The van der Waals surface area contributed by atoms with Crippen molar-refractivity contribution in [2.24, 2.45) is 5.92 Å². The second-order valence-electron chi connectivity index (χ2n) is 10.5. The molecule has 3 atom stereocenters. The minimum absolute atomic E-state index is 0.0339. The summed E-state index contributed by atoms with van der Waals surface area (Å²) in [6.45, 7) is 1.87. The van der Waals surface area contributed by atoms with Crippen molar-refractivity contribution in [2.45, 2.75) is 44.2 Å². The van der Waals surface area contributed by atoms with E-state index < -0.39 is 6.04 Å². The van der Waals surface area contributed by atoms with Crippen LogP contribution in [-0.4, -0.2) is 83.8 Å². The third-order valence-corrected chi connectivity index (χ3v) is 8.92. The van der Waals surface area contributed by atoms with Gasteiger partial charge < -0.3 is 25.4 Å². The van der Waals surface area contributed by atoms with E-state index in [1.807, 2.05) is 6.07 Å². The fourth-order valence-corrected chi connectivity index (χ4v) is 6.55. The predicted molar refractivity (Wildman–Crippen MR) is 149 cm³/mol. The van der Waals surface area contributed by atoms with Crippen LogP contribution in [0.15, 0.2) is 24.3 Å². The van der Waals surface area contributed by atoms with Crippen LogP contribution < -0.4 is 10.6 Å². The average molecular weight is 557 g/mol. The molecule has 0 bridgehead atoms. The van der Waals surface area contributed by atoms with Gasteiger partial charge in [0.1, 0.15) is 5.69 Å². The number of thiazole rings is 1. The van der Waals surface area contributed by atoms with E-state index in [9.17, 15) is 14.4 Å². The Labute approximate surface area is 230 Å². The van der Waals surface area contributed by atoms with Crippen molar-refractivity contribution >= 4 is 51.6 Å². The third-order valence-electron chi connectivity index (χ3n) is 7.52. The molecule has 3 aromatic rings. The van der Waals surface area contributed by atoms with E-state index in [0.717, 1.165) is 47.4 Å². The number of carbonyl (C=O) groups excluding carboxylic acids is 3. The second-order valence-corrected chi connectivity index (χ2v) is 12.0. The number of H-pyrrole nitrogens is 1. The summed E-state index contributed by atoms with van der Waals surface area (Å²) >= 11 is 7.55. The minimum Gasteiger partial charge on any atom is -0.351 e. The Morgan fingerprint density at radius 2 is 1.84 bits per heavy atom. The molecule has 2 aliphatic rings. The first kappa shape index (κ1) is 26.6. The van der Waals surface area contributed by atoms with E-state index in [4.69, 9.17) is 11.6 Å². The molecule has 9 nitrogen and oxygen atoms in total. The number of amides is 3. The number of benzene rings is 1. The van der Waals surface area contributed by atoms with Gasteiger partial charge in [0.25, 0.3) is 11.8 Å². The van der Waals surface area contributed by atoms with Crippen LogP contribution in [0.2, 0.25) is 5.02 Å². The minimum atomic E-state index is -0.400. The van der Waals surface area contributed by atoms with Gasteiger partial charge in [0.2, 0.25) is 5.91 Å². The van der Waals surface area contributed by atoms with Crippen LogP contribution in [0.3, 0.4) is 0 Å². The van der Waals surface area contributed by atoms with E-state index in [-0.39, 0.29) is 29.7 Å². The second kappa shape index (κ2) is 11.0. The van der Waals surface area contributed by atoms with Gasteiger partial charge in [-0.3, -0.25) is 14.4 Å². The number of fused-ring (bicyclic) bond motifs is 2. The molecule has 0 unspecified atom stereocenters. The number of carbonyl (C=O) groups is 3. The number of hydrogen-bond donors (Lipinski definition) is 3. The number of aromatic amines is 1. The highest BCUT2D eigenvalue weighted by atomic mass is 35.5. The zero-order valence-electron chi connectivity index (χ0n) is 21.8. The zero-order valence-corrected chi connectivity index (χ0v) is 23.4. The number of hydrogen-bond acceptors (Lipinski definition) is 6. The van der Waals surface area contributed by atoms with Gasteiger partial charge in [-0.05, 0) is 57.0 Å². The molecule has 1 aliphatic carbocycles. The van der Waals surface area contributed by atoms with Crippen LogP contribution in [0, 0.1) is 5.92 Å². The van der Waals surface area contributed by atoms with E-state index in [2.05, 4.69) is 32.5 Å². The van der Waals surface area contributed by atoms with Gasteiger partial charge in [-0.1, -0.05) is 11.6 Å². The largest absolute Gasteiger partial charge is 0.351 e. The molecule has 0 spiro atoms. The van der Waals surface area contributed by atoms with Crippen molar-refractivity contribution in [2.75, 3.05) is 34.2 Å². The third kappa shape index (κ3) is 5.72. The molecule has 0 radical (unpaired) electrons. The maximum absolute atomic E-state index is 13.3. The Morgan fingerprint density at radius 3 is 2.63 bits per heavy atom. The summed E-state index contributed by atoms with van der Waals surface area (Å²) in [5.41, 5.74) is 2.24. The molecule has 2 aromatic heterocycles. The fraction of sp³-hybridized carbons (Fsp3) is 0.481. The average Bonchev–Trinajstić information content (AvgIpc) is 3.46. The van der Waals surface area contributed by atoms with Gasteiger partial charge in [-0.15, -0.1) is 11.3 Å². The van der Waals surface area contributed by atoms with Gasteiger partial charge in [0, 0.05) is 66.4 Å².